The number of carbonyl (C=O) groups is 1. The van der Waals surface area contributed by atoms with Gasteiger partial charge in [0.1, 0.15) is 5.75 Å². The topological polar surface area (TPSA) is 51.5 Å². The van der Waals surface area contributed by atoms with Crippen molar-refractivity contribution < 1.29 is 9.53 Å². The van der Waals surface area contributed by atoms with Crippen LogP contribution in [-0.4, -0.2) is 35.6 Å². The summed E-state index contributed by atoms with van der Waals surface area (Å²) in [4.78, 5) is 28.4. The van der Waals surface area contributed by atoms with E-state index in [0.29, 0.717) is 31.1 Å². The van der Waals surface area contributed by atoms with Gasteiger partial charge in [0, 0.05) is 42.4 Å². The van der Waals surface area contributed by atoms with Crippen molar-refractivity contribution in [3.63, 3.8) is 0 Å². The van der Waals surface area contributed by atoms with Gasteiger partial charge < -0.3 is 14.2 Å². The van der Waals surface area contributed by atoms with Gasteiger partial charge >= 0.3 is 0 Å². The smallest absolute Gasteiger partial charge is 0.258 e. The summed E-state index contributed by atoms with van der Waals surface area (Å²) in [6.45, 7) is 4.03. The van der Waals surface area contributed by atoms with Crippen LogP contribution in [0.1, 0.15) is 34.0 Å². The molecule has 5 nitrogen and oxygen atoms in total. The van der Waals surface area contributed by atoms with E-state index in [0.717, 1.165) is 34.6 Å². The fourth-order valence-corrected chi connectivity index (χ4v) is 5.11. The normalized spacial score (nSPS) is 19.6. The van der Waals surface area contributed by atoms with Gasteiger partial charge in [-0.05, 0) is 66.8 Å². The molecule has 2 aliphatic rings. The summed E-state index contributed by atoms with van der Waals surface area (Å²) in [6.07, 6.45) is 1.02. The number of likely N-dealkylation sites (tertiary alicyclic amines) is 1. The molecule has 2 aromatic carbocycles. The number of hydrogen-bond acceptors (Lipinski definition) is 3. The van der Waals surface area contributed by atoms with E-state index in [4.69, 9.17) is 4.74 Å². The average Bonchev–Trinajstić information content (AvgIpc) is 2.80. The van der Waals surface area contributed by atoms with Gasteiger partial charge in [0.2, 0.25) is 0 Å². The third-order valence-electron chi connectivity index (χ3n) is 6.66. The number of carbonyl (C=O) groups excluding carboxylic acids is 1. The van der Waals surface area contributed by atoms with E-state index < -0.39 is 0 Å². The van der Waals surface area contributed by atoms with Gasteiger partial charge in [-0.25, -0.2) is 0 Å². The van der Waals surface area contributed by atoms with Gasteiger partial charge in [-0.1, -0.05) is 24.3 Å². The number of piperidine rings is 1. The fourth-order valence-electron chi connectivity index (χ4n) is 5.11. The van der Waals surface area contributed by atoms with Gasteiger partial charge in [-0.2, -0.15) is 0 Å². The van der Waals surface area contributed by atoms with Crippen molar-refractivity contribution in [3.8, 4) is 16.9 Å². The largest absolute Gasteiger partial charge is 0.497 e. The molecule has 0 saturated carbocycles. The van der Waals surface area contributed by atoms with Crippen LogP contribution >= 0.6 is 0 Å². The van der Waals surface area contributed by atoms with E-state index >= 15 is 0 Å². The van der Waals surface area contributed by atoms with Gasteiger partial charge in [-0.15, -0.1) is 0 Å². The predicted molar refractivity (Wildman–Crippen MR) is 121 cm³/mol. The molecule has 0 unspecified atom stereocenters. The summed E-state index contributed by atoms with van der Waals surface area (Å²) >= 11 is 0. The number of aromatic nitrogens is 1. The molecule has 3 heterocycles. The molecule has 0 spiro atoms. The van der Waals surface area contributed by atoms with Crippen LogP contribution in [0.3, 0.4) is 0 Å². The number of methoxy groups -OCH3 is 1. The Morgan fingerprint density at radius 3 is 2.45 bits per heavy atom. The summed E-state index contributed by atoms with van der Waals surface area (Å²) in [5, 5.41) is 0. The van der Waals surface area contributed by atoms with Gasteiger partial charge in [0.25, 0.3) is 11.5 Å². The molecule has 2 atom stereocenters. The van der Waals surface area contributed by atoms with Gasteiger partial charge in [0.15, 0.2) is 0 Å². The lowest BCUT2D eigenvalue weighted by atomic mass is 9.82. The number of aryl methyl sites for hydroxylation is 1. The minimum absolute atomic E-state index is 0.0460. The van der Waals surface area contributed by atoms with Crippen molar-refractivity contribution in [1.29, 1.82) is 0 Å². The molecule has 31 heavy (non-hydrogen) atoms. The summed E-state index contributed by atoms with van der Waals surface area (Å²) in [5.41, 5.74) is 4.66. The highest BCUT2D eigenvalue weighted by atomic mass is 16.5. The standard InChI is InChI=1S/C26H26N2O3/c1-17-5-3-4-6-22(17)23-11-12-24-20-13-18(15-28(24)26(23)30)14-27(16-20)25(29)19-7-9-21(31-2)10-8-19/h3-12,18,20H,13-16H2,1-2H3/t18-,20-/m1/s1. The molecule has 1 amide bonds. The lowest BCUT2D eigenvalue weighted by molar-refractivity contribution is 0.0594. The Kier molecular flexibility index (Phi) is 4.89. The molecule has 2 bridgehead atoms. The highest BCUT2D eigenvalue weighted by Gasteiger charge is 2.37. The number of rotatable bonds is 3. The van der Waals surface area contributed by atoms with Crippen LogP contribution in [0, 0.1) is 12.8 Å². The maximum Gasteiger partial charge on any atom is 0.258 e. The summed E-state index contributed by atoms with van der Waals surface area (Å²) in [7, 11) is 1.62. The SMILES string of the molecule is COc1ccc(C(=O)N2C[C@H]3C[C@H](C2)c2ccc(-c4ccccc4C)c(=O)n2C3)cc1. The zero-order valence-corrected chi connectivity index (χ0v) is 17.9. The molecule has 5 rings (SSSR count). The van der Waals surface area contributed by atoms with Crippen LogP contribution < -0.4 is 10.3 Å². The number of hydrogen-bond donors (Lipinski definition) is 0. The zero-order chi connectivity index (χ0) is 21.5. The number of nitrogens with zero attached hydrogens (tertiary/aromatic N) is 2. The van der Waals surface area contributed by atoms with Crippen molar-refractivity contribution in [3.05, 3.63) is 87.8 Å². The highest BCUT2D eigenvalue weighted by molar-refractivity contribution is 5.94. The molecular weight excluding hydrogens is 388 g/mol. The van der Waals surface area contributed by atoms with Gasteiger partial charge in [0.05, 0.1) is 7.11 Å². The van der Waals surface area contributed by atoms with Crippen molar-refractivity contribution in [2.24, 2.45) is 5.92 Å². The van der Waals surface area contributed by atoms with E-state index in [1.807, 2.05) is 71.0 Å². The number of ether oxygens (including phenoxy) is 1. The lowest BCUT2D eigenvalue weighted by Crippen LogP contribution is -2.49. The Balaban J connectivity index is 1.44. The molecule has 1 fully saturated rings. The molecule has 2 aliphatic heterocycles. The van der Waals surface area contributed by atoms with E-state index in [1.54, 1.807) is 7.11 Å². The van der Waals surface area contributed by atoms with E-state index in [-0.39, 0.29) is 17.4 Å². The third kappa shape index (κ3) is 3.44. The number of fused-ring (bicyclic) bond motifs is 4. The first-order valence-electron chi connectivity index (χ1n) is 10.8. The molecular formula is C26H26N2O3. The molecule has 5 heteroatoms. The van der Waals surface area contributed by atoms with Crippen LogP contribution in [0.25, 0.3) is 11.1 Å². The lowest BCUT2D eigenvalue weighted by Gasteiger charge is -2.43. The van der Waals surface area contributed by atoms with Crippen LogP contribution in [0.5, 0.6) is 5.75 Å². The molecule has 1 aromatic heterocycles. The fraction of sp³-hybridized carbons (Fsp3) is 0.308. The Bertz CT molecular complexity index is 1200. The summed E-state index contributed by atoms with van der Waals surface area (Å²) < 4.78 is 7.15. The maximum atomic E-state index is 13.4. The van der Waals surface area contributed by atoms with Crippen molar-refractivity contribution in [1.82, 2.24) is 9.47 Å². The van der Waals surface area contributed by atoms with E-state index in [1.165, 1.54) is 0 Å². The molecule has 0 radical (unpaired) electrons. The Hall–Kier alpha value is -3.34. The summed E-state index contributed by atoms with van der Waals surface area (Å²) in [5.74, 6) is 1.26. The Labute approximate surface area is 181 Å². The highest BCUT2D eigenvalue weighted by Crippen LogP contribution is 2.36. The summed E-state index contributed by atoms with van der Waals surface area (Å²) in [6, 6.07) is 19.3. The third-order valence-corrected chi connectivity index (χ3v) is 6.66. The van der Waals surface area contributed by atoms with Crippen molar-refractivity contribution in [2.45, 2.75) is 25.8 Å². The maximum absolute atomic E-state index is 13.4. The van der Waals surface area contributed by atoms with Crippen molar-refractivity contribution in [2.75, 3.05) is 20.2 Å². The zero-order valence-electron chi connectivity index (χ0n) is 17.9. The van der Waals surface area contributed by atoms with Crippen LogP contribution in [-0.2, 0) is 6.54 Å². The quantitative estimate of drug-likeness (QED) is 0.649. The van der Waals surface area contributed by atoms with Crippen LogP contribution in [0.4, 0.5) is 0 Å². The second kappa shape index (κ2) is 7.73. The van der Waals surface area contributed by atoms with Crippen LogP contribution in [0.15, 0.2) is 65.5 Å². The van der Waals surface area contributed by atoms with E-state index in [2.05, 4.69) is 6.07 Å². The molecule has 158 valence electrons. The first-order chi connectivity index (χ1) is 15.0. The monoisotopic (exact) mass is 414 g/mol. The molecule has 0 aliphatic carbocycles. The molecule has 1 saturated heterocycles. The Morgan fingerprint density at radius 1 is 0.935 bits per heavy atom. The average molecular weight is 415 g/mol. The second-order valence-corrected chi connectivity index (χ2v) is 8.64. The first kappa shape index (κ1) is 19.6. The number of benzene rings is 2. The number of amides is 1. The van der Waals surface area contributed by atoms with E-state index in [9.17, 15) is 9.59 Å². The van der Waals surface area contributed by atoms with Gasteiger partial charge in [-0.3, -0.25) is 9.59 Å². The first-order valence-corrected chi connectivity index (χ1v) is 10.8. The number of pyridine rings is 1. The minimum atomic E-state index is 0.0460. The van der Waals surface area contributed by atoms with Crippen LogP contribution in [0.2, 0.25) is 0 Å². The second-order valence-electron chi connectivity index (χ2n) is 8.64. The molecule has 3 aromatic rings. The predicted octanol–water partition coefficient (Wildman–Crippen LogP) is 4.09. The Morgan fingerprint density at radius 2 is 1.71 bits per heavy atom. The molecule has 0 N–H and O–H groups in total. The minimum Gasteiger partial charge on any atom is -0.497 e. The van der Waals surface area contributed by atoms with Crippen molar-refractivity contribution >= 4 is 5.91 Å².